The summed E-state index contributed by atoms with van der Waals surface area (Å²) in [7, 11) is 3.51. The van der Waals surface area contributed by atoms with Crippen LogP contribution in [0.2, 0.25) is 0 Å². The third-order valence-corrected chi connectivity index (χ3v) is 7.50. The van der Waals surface area contributed by atoms with Crippen molar-refractivity contribution in [2.45, 2.75) is 45.7 Å². The quantitative estimate of drug-likeness (QED) is 0.637. The van der Waals surface area contributed by atoms with E-state index < -0.39 is 0 Å². The van der Waals surface area contributed by atoms with Crippen LogP contribution in [0.3, 0.4) is 0 Å². The molecule has 5 rings (SSSR count). The van der Waals surface area contributed by atoms with Crippen molar-refractivity contribution in [3.8, 4) is 5.88 Å². The van der Waals surface area contributed by atoms with E-state index in [9.17, 15) is 4.79 Å². The average Bonchev–Trinajstić information content (AvgIpc) is 3.40. The van der Waals surface area contributed by atoms with Gasteiger partial charge in [-0.25, -0.2) is 15.0 Å². The topological polar surface area (TPSA) is 92.6 Å². The SMILES string of the molecule is COc1nc2c(cc1Nc1ncnc3sc4c(c13)CC[C@H](C(=O)N(C)C(C)C)C4)C=NC2. The first-order valence-electron chi connectivity index (χ1n) is 10.8. The summed E-state index contributed by atoms with van der Waals surface area (Å²) in [6, 6.07) is 2.20. The molecule has 1 N–H and O–H groups in total. The molecule has 0 bridgehead atoms. The van der Waals surface area contributed by atoms with Crippen molar-refractivity contribution in [2.24, 2.45) is 10.9 Å². The molecule has 0 aromatic carbocycles. The number of carbonyl (C=O) groups is 1. The summed E-state index contributed by atoms with van der Waals surface area (Å²) in [4.78, 5) is 34.9. The number of rotatable bonds is 5. The van der Waals surface area contributed by atoms with Gasteiger partial charge in [0.25, 0.3) is 0 Å². The highest BCUT2D eigenvalue weighted by atomic mass is 32.1. The number of carbonyl (C=O) groups excluding carboxylic acids is 1. The van der Waals surface area contributed by atoms with E-state index in [1.807, 2.05) is 38.1 Å². The third-order valence-electron chi connectivity index (χ3n) is 6.33. The lowest BCUT2D eigenvalue weighted by molar-refractivity contribution is -0.136. The van der Waals surface area contributed by atoms with Gasteiger partial charge in [-0.2, -0.15) is 0 Å². The van der Waals surface area contributed by atoms with Gasteiger partial charge in [0, 0.05) is 35.7 Å². The van der Waals surface area contributed by atoms with Crippen molar-refractivity contribution in [2.75, 3.05) is 19.5 Å². The number of fused-ring (bicyclic) bond motifs is 4. The molecular formula is C23H26N6O2S. The fraction of sp³-hybridized carbons (Fsp3) is 0.435. The van der Waals surface area contributed by atoms with Crippen LogP contribution in [-0.2, 0) is 24.2 Å². The van der Waals surface area contributed by atoms with E-state index in [-0.39, 0.29) is 17.9 Å². The number of hydrogen-bond acceptors (Lipinski definition) is 8. The van der Waals surface area contributed by atoms with Gasteiger partial charge in [-0.1, -0.05) is 0 Å². The maximum atomic E-state index is 12.9. The lowest BCUT2D eigenvalue weighted by Crippen LogP contribution is -2.39. The van der Waals surface area contributed by atoms with Crippen LogP contribution >= 0.6 is 11.3 Å². The molecule has 1 aliphatic heterocycles. The van der Waals surface area contributed by atoms with Crippen molar-refractivity contribution in [3.63, 3.8) is 0 Å². The van der Waals surface area contributed by atoms with E-state index in [1.54, 1.807) is 24.8 Å². The molecule has 2 aliphatic rings. The van der Waals surface area contributed by atoms with Crippen molar-refractivity contribution in [3.05, 3.63) is 34.1 Å². The average molecular weight is 451 g/mol. The van der Waals surface area contributed by atoms with Crippen LogP contribution in [-0.4, -0.2) is 52.2 Å². The smallest absolute Gasteiger partial charge is 0.237 e. The molecule has 3 aromatic heterocycles. The predicted molar refractivity (Wildman–Crippen MR) is 126 cm³/mol. The Labute approximate surface area is 190 Å². The summed E-state index contributed by atoms with van der Waals surface area (Å²) >= 11 is 1.67. The first-order valence-corrected chi connectivity index (χ1v) is 11.6. The Balaban J connectivity index is 1.49. The minimum atomic E-state index is 0.0209. The first kappa shape index (κ1) is 20.8. The Hall–Kier alpha value is -3.07. The highest BCUT2D eigenvalue weighted by Gasteiger charge is 2.31. The number of pyridine rings is 1. The van der Waals surface area contributed by atoms with Crippen molar-refractivity contribution in [1.82, 2.24) is 19.9 Å². The van der Waals surface area contributed by atoms with E-state index in [0.29, 0.717) is 12.4 Å². The molecule has 0 fully saturated rings. The molecule has 1 atom stereocenters. The molecule has 0 saturated heterocycles. The van der Waals surface area contributed by atoms with Crippen LogP contribution in [0.4, 0.5) is 11.5 Å². The summed E-state index contributed by atoms with van der Waals surface area (Å²) < 4.78 is 5.52. The number of hydrogen-bond donors (Lipinski definition) is 1. The van der Waals surface area contributed by atoms with Gasteiger partial charge in [0.2, 0.25) is 11.8 Å². The van der Waals surface area contributed by atoms with Crippen LogP contribution in [0.1, 0.15) is 42.0 Å². The standard InChI is InChI=1S/C23H26N6O2S/c1-12(2)29(3)23(30)13-5-6-15-18(8-13)32-22-19(15)20(25-11-26-22)27-16-7-14-9-24-10-17(14)28-21(16)31-4/h7,9,11-13H,5-6,8,10H2,1-4H3,(H,25,26,27)/t13-/m0/s1. The predicted octanol–water partition coefficient (Wildman–Crippen LogP) is 3.74. The van der Waals surface area contributed by atoms with E-state index >= 15 is 0 Å². The van der Waals surface area contributed by atoms with Gasteiger partial charge >= 0.3 is 0 Å². The van der Waals surface area contributed by atoms with Crippen molar-refractivity contribution < 1.29 is 9.53 Å². The Bertz CT molecular complexity index is 1230. The zero-order chi connectivity index (χ0) is 22.4. The molecule has 4 heterocycles. The van der Waals surface area contributed by atoms with Crippen LogP contribution in [0.15, 0.2) is 17.4 Å². The minimum Gasteiger partial charge on any atom is -0.480 e. The van der Waals surface area contributed by atoms with E-state index in [4.69, 9.17) is 4.74 Å². The number of amides is 1. The van der Waals surface area contributed by atoms with Gasteiger partial charge in [-0.3, -0.25) is 9.79 Å². The van der Waals surface area contributed by atoms with E-state index in [0.717, 1.165) is 52.2 Å². The second-order valence-corrected chi connectivity index (χ2v) is 9.65. The molecule has 0 spiro atoms. The molecular weight excluding hydrogens is 424 g/mol. The zero-order valence-electron chi connectivity index (χ0n) is 18.7. The van der Waals surface area contributed by atoms with E-state index in [1.165, 1.54) is 10.4 Å². The third kappa shape index (κ3) is 3.50. The summed E-state index contributed by atoms with van der Waals surface area (Å²) in [5.41, 5.74) is 3.90. The molecule has 1 amide bonds. The fourth-order valence-corrected chi connectivity index (χ4v) is 5.61. The van der Waals surface area contributed by atoms with Crippen LogP contribution in [0.25, 0.3) is 10.2 Å². The second-order valence-electron chi connectivity index (χ2n) is 8.56. The molecule has 3 aromatic rings. The molecule has 9 heteroatoms. The summed E-state index contributed by atoms with van der Waals surface area (Å²) in [5, 5.41) is 4.46. The highest BCUT2D eigenvalue weighted by Crippen LogP contribution is 2.41. The number of nitrogens with zero attached hydrogens (tertiary/aromatic N) is 5. The Morgan fingerprint density at radius 3 is 2.97 bits per heavy atom. The lowest BCUT2D eigenvalue weighted by Gasteiger charge is -2.29. The molecule has 166 valence electrons. The monoisotopic (exact) mass is 450 g/mol. The lowest BCUT2D eigenvalue weighted by atomic mass is 9.86. The maximum Gasteiger partial charge on any atom is 0.237 e. The van der Waals surface area contributed by atoms with Crippen LogP contribution in [0, 0.1) is 5.92 Å². The number of aromatic nitrogens is 3. The number of methoxy groups -OCH3 is 1. The number of thiophene rings is 1. The molecule has 0 unspecified atom stereocenters. The van der Waals surface area contributed by atoms with Gasteiger partial charge < -0.3 is 15.0 Å². The molecule has 8 nitrogen and oxygen atoms in total. The first-order chi connectivity index (χ1) is 15.5. The normalized spacial score (nSPS) is 16.8. The second kappa shape index (κ2) is 8.12. The Morgan fingerprint density at radius 1 is 1.34 bits per heavy atom. The fourth-order valence-electron chi connectivity index (χ4n) is 4.35. The van der Waals surface area contributed by atoms with Gasteiger partial charge in [0.05, 0.1) is 24.7 Å². The van der Waals surface area contributed by atoms with E-state index in [2.05, 4.69) is 25.3 Å². The molecule has 0 radical (unpaired) electrons. The molecule has 0 saturated carbocycles. The molecule has 1 aliphatic carbocycles. The van der Waals surface area contributed by atoms with Crippen LogP contribution in [0.5, 0.6) is 5.88 Å². The van der Waals surface area contributed by atoms with Crippen molar-refractivity contribution in [1.29, 1.82) is 0 Å². The number of anilines is 2. The number of ether oxygens (including phenoxy) is 1. The van der Waals surface area contributed by atoms with Crippen molar-refractivity contribution >= 4 is 45.2 Å². The Kier molecular flexibility index (Phi) is 5.28. The van der Waals surface area contributed by atoms with Gasteiger partial charge in [-0.05, 0) is 44.7 Å². The van der Waals surface area contributed by atoms with Gasteiger partial charge in [-0.15, -0.1) is 11.3 Å². The maximum absolute atomic E-state index is 12.9. The summed E-state index contributed by atoms with van der Waals surface area (Å²) in [6.45, 7) is 4.67. The highest BCUT2D eigenvalue weighted by molar-refractivity contribution is 7.19. The Morgan fingerprint density at radius 2 is 2.19 bits per heavy atom. The van der Waals surface area contributed by atoms with Crippen LogP contribution < -0.4 is 10.1 Å². The van der Waals surface area contributed by atoms with Gasteiger partial charge in [0.15, 0.2) is 0 Å². The minimum absolute atomic E-state index is 0.0209. The zero-order valence-corrected chi connectivity index (χ0v) is 19.5. The number of nitrogens with one attached hydrogen (secondary N) is 1. The summed E-state index contributed by atoms with van der Waals surface area (Å²) in [6.07, 6.45) is 5.85. The summed E-state index contributed by atoms with van der Waals surface area (Å²) in [5.74, 6) is 1.51. The number of aliphatic imine (C=N–C) groups is 1. The number of aryl methyl sites for hydroxylation is 1. The largest absolute Gasteiger partial charge is 0.480 e. The molecule has 32 heavy (non-hydrogen) atoms. The van der Waals surface area contributed by atoms with Gasteiger partial charge in [0.1, 0.15) is 22.7 Å².